The topological polar surface area (TPSA) is 81.7 Å². The third kappa shape index (κ3) is 5.59. The van der Waals surface area contributed by atoms with E-state index in [0.29, 0.717) is 11.3 Å². The third-order valence-electron chi connectivity index (χ3n) is 3.57. The predicted octanol–water partition coefficient (Wildman–Crippen LogP) is 4.01. The molecule has 7 heteroatoms. The van der Waals surface area contributed by atoms with Crippen molar-refractivity contribution in [3.8, 4) is 0 Å². The first kappa shape index (κ1) is 20.5. The average molecular weight is 387 g/mol. The van der Waals surface area contributed by atoms with E-state index in [2.05, 4.69) is 5.32 Å². The molecule has 27 heavy (non-hydrogen) atoms. The molecule has 6 nitrogen and oxygen atoms in total. The molecule has 0 saturated heterocycles. The van der Waals surface area contributed by atoms with Crippen molar-refractivity contribution in [3.05, 3.63) is 59.2 Å². The first-order valence-electron chi connectivity index (χ1n) is 8.43. The molecule has 142 valence electrons. The Morgan fingerprint density at radius 3 is 1.81 bits per heavy atom. The number of amides is 1. The lowest BCUT2D eigenvalue weighted by Crippen LogP contribution is -2.15. The molecule has 0 aliphatic rings. The minimum absolute atomic E-state index is 0.162. The van der Waals surface area contributed by atoms with Crippen molar-refractivity contribution in [2.45, 2.75) is 18.7 Å². The number of hydrogen-bond acceptors (Lipinski definition) is 6. The number of anilines is 1. The summed E-state index contributed by atoms with van der Waals surface area (Å²) in [5.41, 5.74) is 1.10. The highest BCUT2D eigenvalue weighted by atomic mass is 32.2. The zero-order valence-corrected chi connectivity index (χ0v) is 16.2. The van der Waals surface area contributed by atoms with Crippen LogP contribution in [0.3, 0.4) is 0 Å². The Bertz CT molecular complexity index is 797. The Hall–Kier alpha value is -2.80. The van der Waals surface area contributed by atoms with Gasteiger partial charge in [-0.15, -0.1) is 11.8 Å². The molecule has 0 spiro atoms. The number of nitrogens with one attached hydrogen (secondary N) is 1. The second-order valence-corrected chi connectivity index (χ2v) is 6.30. The summed E-state index contributed by atoms with van der Waals surface area (Å²) < 4.78 is 9.97. The van der Waals surface area contributed by atoms with Crippen LogP contribution < -0.4 is 5.32 Å². The SMILES string of the molecule is CCOC(=O)c1cc(NC(=O)c2ccc(SC)cc2)cc(C(=O)OCC)c1. The Kier molecular flexibility index (Phi) is 7.43. The standard InChI is InChI=1S/C20H21NO5S/c1-4-25-19(23)14-10-15(20(24)26-5-2)12-16(11-14)21-18(22)13-6-8-17(27-3)9-7-13/h6-12H,4-5H2,1-3H3,(H,21,22). The number of carbonyl (C=O) groups is 3. The van der Waals surface area contributed by atoms with E-state index in [1.165, 1.54) is 18.2 Å². The summed E-state index contributed by atoms with van der Waals surface area (Å²) in [5, 5.41) is 2.71. The summed E-state index contributed by atoms with van der Waals surface area (Å²) in [7, 11) is 0. The molecule has 0 unspecified atom stereocenters. The van der Waals surface area contributed by atoms with Crippen molar-refractivity contribution in [1.82, 2.24) is 0 Å². The lowest BCUT2D eigenvalue weighted by atomic mass is 10.1. The lowest BCUT2D eigenvalue weighted by molar-refractivity contribution is 0.0525. The molecule has 2 rings (SSSR count). The molecule has 0 heterocycles. The second-order valence-electron chi connectivity index (χ2n) is 5.42. The zero-order valence-electron chi connectivity index (χ0n) is 15.4. The van der Waals surface area contributed by atoms with Crippen molar-refractivity contribution in [2.75, 3.05) is 24.8 Å². The number of carbonyl (C=O) groups excluding carboxylic acids is 3. The third-order valence-corrected chi connectivity index (χ3v) is 4.31. The maximum atomic E-state index is 12.5. The minimum Gasteiger partial charge on any atom is -0.462 e. The average Bonchev–Trinajstić information content (AvgIpc) is 2.68. The van der Waals surface area contributed by atoms with Crippen molar-refractivity contribution < 1.29 is 23.9 Å². The number of thioether (sulfide) groups is 1. The van der Waals surface area contributed by atoms with Gasteiger partial charge in [0.05, 0.1) is 24.3 Å². The largest absolute Gasteiger partial charge is 0.462 e. The molecule has 0 radical (unpaired) electrons. The van der Waals surface area contributed by atoms with Gasteiger partial charge in [0.2, 0.25) is 0 Å². The molecule has 0 aliphatic heterocycles. The summed E-state index contributed by atoms with van der Waals surface area (Å²) in [4.78, 5) is 37.7. The highest BCUT2D eigenvalue weighted by molar-refractivity contribution is 7.98. The van der Waals surface area contributed by atoms with Crippen LogP contribution >= 0.6 is 11.8 Å². The van der Waals surface area contributed by atoms with E-state index in [4.69, 9.17) is 9.47 Å². The molecule has 0 fully saturated rings. The molecule has 1 amide bonds. The smallest absolute Gasteiger partial charge is 0.338 e. The van der Waals surface area contributed by atoms with Gasteiger partial charge in [-0.1, -0.05) is 0 Å². The molecule has 0 atom stereocenters. The van der Waals surface area contributed by atoms with Crippen LogP contribution in [0.4, 0.5) is 5.69 Å². The van der Waals surface area contributed by atoms with Crippen LogP contribution in [0.2, 0.25) is 0 Å². The molecule has 0 bridgehead atoms. The van der Waals surface area contributed by atoms with Crippen LogP contribution in [0.25, 0.3) is 0 Å². The maximum absolute atomic E-state index is 12.5. The second kappa shape index (κ2) is 9.78. The summed E-state index contributed by atoms with van der Waals surface area (Å²) in [6, 6.07) is 11.4. The summed E-state index contributed by atoms with van der Waals surface area (Å²) in [5.74, 6) is -1.51. The number of rotatable bonds is 7. The number of esters is 2. The molecule has 2 aromatic carbocycles. The Morgan fingerprint density at radius 1 is 0.852 bits per heavy atom. The van der Waals surface area contributed by atoms with Crippen LogP contribution in [0.5, 0.6) is 0 Å². The van der Waals surface area contributed by atoms with E-state index < -0.39 is 11.9 Å². The van der Waals surface area contributed by atoms with Gasteiger partial charge in [0, 0.05) is 16.1 Å². The fraction of sp³-hybridized carbons (Fsp3) is 0.250. The van der Waals surface area contributed by atoms with Gasteiger partial charge in [-0.25, -0.2) is 9.59 Å². The molecule has 0 aliphatic carbocycles. The molecular weight excluding hydrogens is 366 g/mol. The molecule has 0 aromatic heterocycles. The maximum Gasteiger partial charge on any atom is 0.338 e. The van der Waals surface area contributed by atoms with E-state index >= 15 is 0 Å². The fourth-order valence-corrected chi connectivity index (χ4v) is 2.72. The fourth-order valence-electron chi connectivity index (χ4n) is 2.31. The number of ether oxygens (including phenoxy) is 2. The number of hydrogen-bond donors (Lipinski definition) is 1. The van der Waals surface area contributed by atoms with Gasteiger partial charge in [0.1, 0.15) is 0 Å². The van der Waals surface area contributed by atoms with Crippen LogP contribution in [-0.2, 0) is 9.47 Å². The first-order valence-corrected chi connectivity index (χ1v) is 9.65. The zero-order chi connectivity index (χ0) is 19.8. The summed E-state index contributed by atoms with van der Waals surface area (Å²) >= 11 is 1.58. The van der Waals surface area contributed by atoms with Crippen LogP contribution in [0.15, 0.2) is 47.4 Å². The quantitative estimate of drug-likeness (QED) is 0.571. The van der Waals surface area contributed by atoms with Crippen LogP contribution in [-0.4, -0.2) is 37.3 Å². The Morgan fingerprint density at radius 2 is 1.37 bits per heavy atom. The monoisotopic (exact) mass is 387 g/mol. The predicted molar refractivity (Wildman–Crippen MR) is 105 cm³/mol. The highest BCUT2D eigenvalue weighted by Gasteiger charge is 2.16. The summed E-state index contributed by atoms with van der Waals surface area (Å²) in [6.07, 6.45) is 1.95. The normalized spacial score (nSPS) is 10.2. The lowest BCUT2D eigenvalue weighted by Gasteiger charge is -2.11. The van der Waals surface area contributed by atoms with E-state index in [1.54, 1.807) is 37.7 Å². The molecular formula is C20H21NO5S. The van der Waals surface area contributed by atoms with Crippen LogP contribution in [0, 0.1) is 0 Å². The van der Waals surface area contributed by atoms with Crippen LogP contribution in [0.1, 0.15) is 44.9 Å². The van der Waals surface area contributed by atoms with E-state index in [-0.39, 0.29) is 30.2 Å². The van der Waals surface area contributed by atoms with E-state index in [9.17, 15) is 14.4 Å². The molecule has 0 saturated carbocycles. The summed E-state index contributed by atoms with van der Waals surface area (Å²) in [6.45, 7) is 3.78. The first-order chi connectivity index (χ1) is 13.0. The van der Waals surface area contributed by atoms with Gasteiger partial charge in [0.25, 0.3) is 5.91 Å². The van der Waals surface area contributed by atoms with Crippen molar-refractivity contribution >= 4 is 35.3 Å². The molecule has 2 aromatic rings. The van der Waals surface area contributed by atoms with Gasteiger partial charge in [0.15, 0.2) is 0 Å². The minimum atomic E-state index is -0.580. The van der Waals surface area contributed by atoms with Gasteiger partial charge < -0.3 is 14.8 Å². The highest BCUT2D eigenvalue weighted by Crippen LogP contribution is 2.19. The van der Waals surface area contributed by atoms with Crippen molar-refractivity contribution in [1.29, 1.82) is 0 Å². The Balaban J connectivity index is 2.31. The van der Waals surface area contributed by atoms with Gasteiger partial charge in [-0.3, -0.25) is 4.79 Å². The number of benzene rings is 2. The van der Waals surface area contributed by atoms with Gasteiger partial charge >= 0.3 is 11.9 Å². The van der Waals surface area contributed by atoms with Crippen molar-refractivity contribution in [3.63, 3.8) is 0 Å². The molecule has 1 N–H and O–H groups in total. The van der Waals surface area contributed by atoms with Gasteiger partial charge in [-0.05, 0) is 62.6 Å². The van der Waals surface area contributed by atoms with E-state index in [0.717, 1.165) is 4.90 Å². The van der Waals surface area contributed by atoms with E-state index in [1.807, 2.05) is 18.4 Å². The van der Waals surface area contributed by atoms with Gasteiger partial charge in [-0.2, -0.15) is 0 Å². The Labute approximate surface area is 162 Å². The van der Waals surface area contributed by atoms with Crippen molar-refractivity contribution in [2.24, 2.45) is 0 Å².